The van der Waals surface area contributed by atoms with Crippen molar-refractivity contribution in [2.75, 3.05) is 0 Å². The van der Waals surface area contributed by atoms with E-state index in [4.69, 9.17) is 8.83 Å². The fraction of sp³-hybridized carbons (Fsp3) is 0.200. The van der Waals surface area contributed by atoms with Gasteiger partial charge in [0.05, 0.1) is 12.7 Å². The lowest BCUT2D eigenvalue weighted by molar-refractivity contribution is 0.0663. The molecule has 6 heteroatoms. The van der Waals surface area contributed by atoms with Crippen molar-refractivity contribution in [1.29, 1.82) is 0 Å². The maximum absolute atomic E-state index is 11.3. The molecular formula is C15H14N2O4. The highest BCUT2D eigenvalue weighted by atomic mass is 16.4. The summed E-state index contributed by atoms with van der Waals surface area (Å²) in [4.78, 5) is 15.4. The largest absolute Gasteiger partial charge is 0.475 e. The predicted octanol–water partition coefficient (Wildman–Crippen LogP) is 2.72. The predicted molar refractivity (Wildman–Crippen MR) is 75.0 cm³/mol. The van der Waals surface area contributed by atoms with Crippen LogP contribution in [0, 0.1) is 6.92 Å². The number of benzene rings is 1. The molecule has 0 saturated carbocycles. The van der Waals surface area contributed by atoms with Gasteiger partial charge in [0.25, 0.3) is 0 Å². The molecule has 6 nitrogen and oxygen atoms in total. The Balaban J connectivity index is 1.82. The summed E-state index contributed by atoms with van der Waals surface area (Å²) in [6.07, 6.45) is 1.65. The van der Waals surface area contributed by atoms with Gasteiger partial charge in [0.2, 0.25) is 11.7 Å². The van der Waals surface area contributed by atoms with E-state index in [0.717, 1.165) is 11.1 Å². The second kappa shape index (κ2) is 5.41. The van der Waals surface area contributed by atoms with E-state index < -0.39 is 5.97 Å². The smallest absolute Gasteiger partial charge is 0.372 e. The molecule has 0 aliphatic rings. The fourth-order valence-electron chi connectivity index (χ4n) is 2.22. The number of oxazole rings is 1. The average Bonchev–Trinajstić information content (AvgIpc) is 3.03. The molecule has 2 aromatic heterocycles. The van der Waals surface area contributed by atoms with E-state index in [9.17, 15) is 9.90 Å². The Hall–Kier alpha value is -2.60. The number of nitrogens with zero attached hydrogens (tertiary/aromatic N) is 1. The molecule has 3 rings (SSSR count). The van der Waals surface area contributed by atoms with Crippen LogP contribution in [0.1, 0.15) is 27.8 Å². The first-order chi connectivity index (χ1) is 10.1. The van der Waals surface area contributed by atoms with Crippen molar-refractivity contribution in [3.05, 3.63) is 53.4 Å². The summed E-state index contributed by atoms with van der Waals surface area (Å²) in [5.74, 6) is 0.200. The van der Waals surface area contributed by atoms with Crippen molar-refractivity contribution in [2.45, 2.75) is 20.0 Å². The average molecular weight is 286 g/mol. The molecule has 0 aliphatic carbocycles. The van der Waals surface area contributed by atoms with Crippen molar-refractivity contribution >= 4 is 16.9 Å². The number of hydrogen-bond acceptors (Lipinski definition) is 5. The number of furan rings is 1. The van der Waals surface area contributed by atoms with Crippen LogP contribution in [-0.2, 0) is 13.1 Å². The van der Waals surface area contributed by atoms with Gasteiger partial charge < -0.3 is 19.3 Å². The summed E-state index contributed by atoms with van der Waals surface area (Å²) in [6, 6.07) is 7.26. The molecular weight excluding hydrogens is 272 g/mol. The molecule has 0 atom stereocenters. The molecule has 3 aromatic rings. The third-order valence-electron chi connectivity index (χ3n) is 3.14. The zero-order valence-corrected chi connectivity index (χ0v) is 11.4. The zero-order valence-electron chi connectivity index (χ0n) is 11.4. The number of nitrogens with one attached hydrogen (secondary N) is 1. The second-order valence-corrected chi connectivity index (χ2v) is 4.68. The Morgan fingerprint density at radius 1 is 1.29 bits per heavy atom. The first kappa shape index (κ1) is 13.4. The van der Waals surface area contributed by atoms with Gasteiger partial charge in [0, 0.05) is 17.5 Å². The normalized spacial score (nSPS) is 11.1. The number of carbonyl (C=O) groups is 1. The zero-order chi connectivity index (χ0) is 14.8. The van der Waals surface area contributed by atoms with Crippen LogP contribution in [0.5, 0.6) is 0 Å². The van der Waals surface area contributed by atoms with E-state index in [1.807, 2.05) is 25.1 Å². The second-order valence-electron chi connectivity index (χ2n) is 4.68. The Labute approximate surface area is 120 Å². The molecule has 0 fully saturated rings. The van der Waals surface area contributed by atoms with E-state index in [0.29, 0.717) is 30.1 Å². The van der Waals surface area contributed by atoms with Crippen LogP contribution in [0.3, 0.4) is 0 Å². The molecule has 0 unspecified atom stereocenters. The number of aromatic nitrogens is 1. The molecule has 2 heterocycles. The maximum Gasteiger partial charge on any atom is 0.372 e. The summed E-state index contributed by atoms with van der Waals surface area (Å²) in [5, 5.41) is 13.2. The molecule has 0 aliphatic heterocycles. The number of carboxylic acids is 1. The lowest BCUT2D eigenvalue weighted by atomic mass is 10.1. The van der Waals surface area contributed by atoms with Crippen LogP contribution in [0.4, 0.5) is 0 Å². The summed E-state index contributed by atoms with van der Waals surface area (Å²) in [6.45, 7) is 2.61. The number of hydrogen-bond donors (Lipinski definition) is 2. The van der Waals surface area contributed by atoms with Gasteiger partial charge in [0.15, 0.2) is 0 Å². The molecule has 0 amide bonds. The summed E-state index contributed by atoms with van der Waals surface area (Å²) in [5.41, 5.74) is 1.19. The molecule has 21 heavy (non-hydrogen) atoms. The SMILES string of the molecule is Cc1cnc(CNCc2c(C(=O)O)oc3ccccc23)o1. The van der Waals surface area contributed by atoms with E-state index >= 15 is 0 Å². The highest BCUT2D eigenvalue weighted by Crippen LogP contribution is 2.25. The number of carboxylic acid groups (broad SMARTS) is 1. The van der Waals surface area contributed by atoms with Crippen LogP contribution in [0.2, 0.25) is 0 Å². The fourth-order valence-corrected chi connectivity index (χ4v) is 2.22. The van der Waals surface area contributed by atoms with Crippen molar-refractivity contribution < 1.29 is 18.7 Å². The molecule has 1 aromatic carbocycles. The van der Waals surface area contributed by atoms with Crippen molar-refractivity contribution in [2.24, 2.45) is 0 Å². The van der Waals surface area contributed by atoms with Gasteiger partial charge >= 0.3 is 5.97 Å². The Kier molecular flexibility index (Phi) is 3.45. The summed E-state index contributed by atoms with van der Waals surface area (Å²) >= 11 is 0. The number of para-hydroxylation sites is 1. The Morgan fingerprint density at radius 3 is 2.81 bits per heavy atom. The monoisotopic (exact) mass is 286 g/mol. The van der Waals surface area contributed by atoms with Gasteiger partial charge in [-0.25, -0.2) is 9.78 Å². The van der Waals surface area contributed by atoms with Crippen LogP contribution in [0.25, 0.3) is 11.0 Å². The number of aryl methyl sites for hydroxylation is 1. The number of rotatable bonds is 5. The van der Waals surface area contributed by atoms with Gasteiger partial charge in [0.1, 0.15) is 11.3 Å². The van der Waals surface area contributed by atoms with Gasteiger partial charge in [-0.05, 0) is 13.0 Å². The quantitative estimate of drug-likeness (QED) is 0.749. The molecule has 0 saturated heterocycles. The minimum Gasteiger partial charge on any atom is -0.475 e. The topological polar surface area (TPSA) is 88.5 Å². The van der Waals surface area contributed by atoms with Crippen LogP contribution >= 0.6 is 0 Å². The van der Waals surface area contributed by atoms with E-state index in [1.54, 1.807) is 12.3 Å². The maximum atomic E-state index is 11.3. The number of aromatic carboxylic acids is 1. The Morgan fingerprint density at radius 2 is 2.10 bits per heavy atom. The minimum atomic E-state index is -1.07. The molecule has 2 N–H and O–H groups in total. The third kappa shape index (κ3) is 2.66. The lowest BCUT2D eigenvalue weighted by Crippen LogP contribution is -2.14. The standard InChI is InChI=1S/C15H14N2O4/c1-9-6-17-13(20-9)8-16-7-11-10-4-2-3-5-12(10)21-14(11)15(18)19/h2-6,16H,7-8H2,1H3,(H,18,19). The first-order valence-corrected chi connectivity index (χ1v) is 6.51. The van der Waals surface area contributed by atoms with Crippen molar-refractivity contribution in [3.8, 4) is 0 Å². The van der Waals surface area contributed by atoms with E-state index in [1.165, 1.54) is 0 Å². The van der Waals surface area contributed by atoms with Gasteiger partial charge in [-0.1, -0.05) is 18.2 Å². The summed E-state index contributed by atoms with van der Waals surface area (Å²) in [7, 11) is 0. The Bertz CT molecular complexity index is 788. The molecule has 0 radical (unpaired) electrons. The lowest BCUT2D eigenvalue weighted by Gasteiger charge is -2.02. The van der Waals surface area contributed by atoms with Crippen LogP contribution in [0.15, 0.2) is 39.3 Å². The number of fused-ring (bicyclic) bond motifs is 1. The third-order valence-corrected chi connectivity index (χ3v) is 3.14. The van der Waals surface area contributed by atoms with Gasteiger partial charge in [-0.2, -0.15) is 0 Å². The summed E-state index contributed by atoms with van der Waals surface area (Å²) < 4.78 is 10.7. The van der Waals surface area contributed by atoms with Gasteiger partial charge in [-0.15, -0.1) is 0 Å². The minimum absolute atomic E-state index is 0.0349. The molecule has 108 valence electrons. The molecule has 0 spiro atoms. The van der Waals surface area contributed by atoms with Crippen LogP contribution in [-0.4, -0.2) is 16.1 Å². The molecule has 0 bridgehead atoms. The first-order valence-electron chi connectivity index (χ1n) is 6.51. The van der Waals surface area contributed by atoms with Crippen molar-refractivity contribution in [3.63, 3.8) is 0 Å². The van der Waals surface area contributed by atoms with Gasteiger partial charge in [-0.3, -0.25) is 0 Å². The highest BCUT2D eigenvalue weighted by molar-refractivity contribution is 5.95. The van der Waals surface area contributed by atoms with Crippen molar-refractivity contribution in [1.82, 2.24) is 10.3 Å². The van der Waals surface area contributed by atoms with E-state index in [2.05, 4.69) is 10.3 Å². The highest BCUT2D eigenvalue weighted by Gasteiger charge is 2.19. The van der Waals surface area contributed by atoms with Crippen LogP contribution < -0.4 is 5.32 Å². The van der Waals surface area contributed by atoms with E-state index in [-0.39, 0.29) is 5.76 Å².